The second kappa shape index (κ2) is 5.22. The highest BCUT2D eigenvalue weighted by Gasteiger charge is 2.15. The first-order valence-electron chi connectivity index (χ1n) is 6.32. The summed E-state index contributed by atoms with van der Waals surface area (Å²) in [6, 6.07) is 13.5. The Morgan fingerprint density at radius 1 is 1.19 bits per heavy atom. The van der Waals surface area contributed by atoms with Crippen molar-refractivity contribution in [1.82, 2.24) is 4.57 Å². The third kappa shape index (κ3) is 2.50. The number of fused-ring (bicyclic) bond motifs is 1. The van der Waals surface area contributed by atoms with Crippen LogP contribution in [0, 0.1) is 5.82 Å². The largest absolute Gasteiger partial charge is 0.477 e. The van der Waals surface area contributed by atoms with Gasteiger partial charge in [-0.3, -0.25) is 0 Å². The van der Waals surface area contributed by atoms with Gasteiger partial charge in [0.25, 0.3) is 0 Å². The third-order valence-corrected chi connectivity index (χ3v) is 3.66. The Hall–Kier alpha value is -2.33. The normalized spacial score (nSPS) is 11.0. The zero-order chi connectivity index (χ0) is 15.0. The predicted molar refractivity (Wildman–Crippen MR) is 79.4 cm³/mol. The quantitative estimate of drug-likeness (QED) is 0.788. The number of aromatic carboxylic acids is 1. The zero-order valence-electron chi connectivity index (χ0n) is 10.9. The maximum Gasteiger partial charge on any atom is 0.352 e. The Balaban J connectivity index is 2.12. The molecule has 21 heavy (non-hydrogen) atoms. The number of carboxylic acids is 1. The highest BCUT2D eigenvalue weighted by Crippen LogP contribution is 2.23. The molecule has 106 valence electrons. The van der Waals surface area contributed by atoms with Crippen molar-refractivity contribution >= 4 is 28.5 Å². The number of benzene rings is 2. The van der Waals surface area contributed by atoms with Crippen molar-refractivity contribution in [2.75, 3.05) is 0 Å². The Kier molecular flexibility index (Phi) is 3.39. The smallest absolute Gasteiger partial charge is 0.352 e. The molecule has 5 heteroatoms. The molecule has 0 aliphatic heterocycles. The fourth-order valence-electron chi connectivity index (χ4n) is 2.38. The summed E-state index contributed by atoms with van der Waals surface area (Å²) < 4.78 is 15.2. The molecule has 2 aromatic carbocycles. The van der Waals surface area contributed by atoms with Crippen LogP contribution >= 0.6 is 11.6 Å². The minimum Gasteiger partial charge on any atom is -0.477 e. The van der Waals surface area contributed by atoms with Gasteiger partial charge in [0.2, 0.25) is 0 Å². The molecule has 3 rings (SSSR count). The van der Waals surface area contributed by atoms with Crippen molar-refractivity contribution in [2.24, 2.45) is 0 Å². The van der Waals surface area contributed by atoms with E-state index in [0.717, 1.165) is 10.9 Å². The molecule has 3 nitrogen and oxygen atoms in total. The summed E-state index contributed by atoms with van der Waals surface area (Å²) in [6.45, 7) is 0.267. The van der Waals surface area contributed by atoms with Crippen molar-refractivity contribution in [3.05, 3.63) is 70.6 Å². The second-order valence-electron chi connectivity index (χ2n) is 4.73. The lowest BCUT2D eigenvalue weighted by molar-refractivity contribution is 0.0686. The van der Waals surface area contributed by atoms with E-state index in [0.29, 0.717) is 5.56 Å². The fraction of sp³-hybridized carbons (Fsp3) is 0.0625. The van der Waals surface area contributed by atoms with Crippen LogP contribution in [0.4, 0.5) is 4.39 Å². The molecular formula is C16H11ClFNO2. The number of carboxylic acid groups (broad SMARTS) is 1. The summed E-state index contributed by atoms with van der Waals surface area (Å²) in [5.74, 6) is -1.52. The maximum absolute atomic E-state index is 13.5. The lowest BCUT2D eigenvalue weighted by atomic mass is 10.2. The van der Waals surface area contributed by atoms with Crippen LogP contribution in [-0.2, 0) is 6.54 Å². The van der Waals surface area contributed by atoms with Gasteiger partial charge in [-0.05, 0) is 29.8 Å². The van der Waals surface area contributed by atoms with E-state index in [1.54, 1.807) is 16.7 Å². The van der Waals surface area contributed by atoms with E-state index in [4.69, 9.17) is 11.6 Å². The molecule has 0 saturated heterocycles. The molecule has 0 atom stereocenters. The molecule has 1 heterocycles. The Bertz CT molecular complexity index is 841. The number of halogens is 2. The monoisotopic (exact) mass is 303 g/mol. The van der Waals surface area contributed by atoms with Crippen LogP contribution in [0.1, 0.15) is 16.1 Å². The number of para-hydroxylation sites is 1. The minimum absolute atomic E-state index is 0.0505. The van der Waals surface area contributed by atoms with E-state index in [2.05, 4.69) is 0 Å². The van der Waals surface area contributed by atoms with Crippen molar-refractivity contribution in [2.45, 2.75) is 6.54 Å². The number of rotatable bonds is 3. The first kappa shape index (κ1) is 13.6. The first-order valence-corrected chi connectivity index (χ1v) is 6.69. The van der Waals surface area contributed by atoms with E-state index in [-0.39, 0.29) is 17.3 Å². The average Bonchev–Trinajstić information content (AvgIpc) is 2.82. The number of carbonyl (C=O) groups is 1. The summed E-state index contributed by atoms with van der Waals surface area (Å²) in [7, 11) is 0. The molecular weight excluding hydrogens is 293 g/mol. The number of aromatic nitrogens is 1. The van der Waals surface area contributed by atoms with E-state index < -0.39 is 11.8 Å². The molecule has 0 bridgehead atoms. The molecule has 0 aliphatic carbocycles. The Morgan fingerprint density at radius 3 is 2.67 bits per heavy atom. The topological polar surface area (TPSA) is 42.2 Å². The van der Waals surface area contributed by atoms with Gasteiger partial charge < -0.3 is 9.67 Å². The molecule has 1 aromatic heterocycles. The number of hydrogen-bond acceptors (Lipinski definition) is 1. The summed E-state index contributed by atoms with van der Waals surface area (Å²) >= 11 is 5.66. The molecule has 0 spiro atoms. The van der Waals surface area contributed by atoms with Gasteiger partial charge in [0.1, 0.15) is 11.5 Å². The van der Waals surface area contributed by atoms with Crippen LogP contribution in [0.25, 0.3) is 10.9 Å². The van der Waals surface area contributed by atoms with Gasteiger partial charge in [0.05, 0.1) is 5.02 Å². The van der Waals surface area contributed by atoms with Crippen molar-refractivity contribution in [3.63, 3.8) is 0 Å². The van der Waals surface area contributed by atoms with E-state index in [1.807, 2.05) is 24.3 Å². The zero-order valence-corrected chi connectivity index (χ0v) is 11.6. The second-order valence-corrected chi connectivity index (χ2v) is 5.14. The highest BCUT2D eigenvalue weighted by atomic mass is 35.5. The van der Waals surface area contributed by atoms with Gasteiger partial charge in [0.15, 0.2) is 0 Å². The van der Waals surface area contributed by atoms with Gasteiger partial charge in [-0.1, -0.05) is 35.9 Å². The van der Waals surface area contributed by atoms with Gasteiger partial charge >= 0.3 is 5.97 Å². The van der Waals surface area contributed by atoms with Crippen LogP contribution < -0.4 is 0 Å². The van der Waals surface area contributed by atoms with E-state index in [9.17, 15) is 14.3 Å². The minimum atomic E-state index is -1.01. The summed E-state index contributed by atoms with van der Waals surface area (Å²) in [5, 5.41) is 10.2. The standard InChI is InChI=1S/C16H11ClFNO2/c17-12-6-5-10(7-13(12)18)9-19-14-4-2-1-3-11(14)8-15(19)16(20)21/h1-8H,9H2,(H,20,21). The van der Waals surface area contributed by atoms with Crippen molar-refractivity contribution < 1.29 is 14.3 Å². The molecule has 0 amide bonds. The summed E-state index contributed by atoms with van der Waals surface area (Å²) in [4.78, 5) is 11.4. The molecule has 0 aliphatic rings. The molecule has 3 aromatic rings. The SMILES string of the molecule is O=C(O)c1cc2ccccc2n1Cc1ccc(Cl)c(F)c1. The first-order chi connectivity index (χ1) is 10.1. The molecule has 0 saturated carbocycles. The van der Waals surface area contributed by atoms with Crippen LogP contribution in [-0.4, -0.2) is 15.6 Å². The number of nitrogens with zero attached hydrogens (tertiary/aromatic N) is 1. The van der Waals surface area contributed by atoms with Gasteiger partial charge in [0, 0.05) is 17.4 Å². The van der Waals surface area contributed by atoms with Crippen LogP contribution in [0.2, 0.25) is 5.02 Å². The molecule has 0 unspecified atom stereocenters. The highest BCUT2D eigenvalue weighted by molar-refractivity contribution is 6.30. The van der Waals surface area contributed by atoms with E-state index in [1.165, 1.54) is 12.1 Å². The Morgan fingerprint density at radius 2 is 1.95 bits per heavy atom. The maximum atomic E-state index is 13.5. The third-order valence-electron chi connectivity index (χ3n) is 3.35. The molecule has 0 radical (unpaired) electrons. The van der Waals surface area contributed by atoms with Crippen LogP contribution in [0.3, 0.4) is 0 Å². The average molecular weight is 304 g/mol. The van der Waals surface area contributed by atoms with E-state index >= 15 is 0 Å². The fourth-order valence-corrected chi connectivity index (χ4v) is 2.50. The van der Waals surface area contributed by atoms with Crippen molar-refractivity contribution in [3.8, 4) is 0 Å². The van der Waals surface area contributed by atoms with Crippen LogP contribution in [0.5, 0.6) is 0 Å². The molecule has 0 fully saturated rings. The Labute approximate surface area is 125 Å². The number of hydrogen-bond donors (Lipinski definition) is 1. The van der Waals surface area contributed by atoms with Crippen molar-refractivity contribution in [1.29, 1.82) is 0 Å². The molecule has 1 N–H and O–H groups in total. The predicted octanol–water partition coefficient (Wildman–Crippen LogP) is 4.18. The summed E-state index contributed by atoms with van der Waals surface area (Å²) in [5.41, 5.74) is 1.62. The van der Waals surface area contributed by atoms with Gasteiger partial charge in [-0.15, -0.1) is 0 Å². The lowest BCUT2D eigenvalue weighted by Gasteiger charge is -2.09. The van der Waals surface area contributed by atoms with Gasteiger partial charge in [-0.25, -0.2) is 9.18 Å². The van der Waals surface area contributed by atoms with Crippen LogP contribution in [0.15, 0.2) is 48.5 Å². The van der Waals surface area contributed by atoms with Gasteiger partial charge in [-0.2, -0.15) is 0 Å². The summed E-state index contributed by atoms with van der Waals surface area (Å²) in [6.07, 6.45) is 0. The lowest BCUT2D eigenvalue weighted by Crippen LogP contribution is -2.09.